The number of hydrogen-bond donors (Lipinski definition) is 6. The number of piperazine rings is 1. The summed E-state index contributed by atoms with van der Waals surface area (Å²) in [6.07, 6.45) is 5.99. The molecule has 0 saturated carbocycles. The third kappa shape index (κ3) is 29.5. The maximum atomic E-state index is 5.85. The standard InChI is InChI=1S/C11H12S.C10H12N2.2C10H11NO.2C10H11NS.C10H10O2.2C10H10OS.C10H10S2.10C2H6.2CH4/c1-2-5-9-8(4-1)10-6-3-7-11(9)12-10;1-2-4-8-7(3-1)9-5-11-6-10(8)12-9;1-2-4-8-7(3-1)9-5-12-6-10(8)11-9;1-2-4-8-7(3-1)9-5-11-6-10(8)12-9;1-2-4-8-7(3-1)9-5-12-6-10(8)11-9;2*1-2-4-8-7(3-1)9-5-11-6-10(8)12-9;1-2-4-8-7(3-1)9-5-12-6-10(8)11-9;2*1-2-4-8-7(3-1)9-5-11-6-10(8)12-9;10*1-2;;/h1-2,4-5,10-11H,3,6-7H2;1-4,9-12H,5-6H2;4*1-4,9-11H,5-6H2;4*1-4,9-10H,5-6H2;10*1-2H3;2*1H4. The van der Waals surface area contributed by atoms with Crippen LogP contribution >= 0.6 is 82.3 Å². The predicted octanol–water partition coefficient (Wildman–Crippen LogP) is 33.4. The highest BCUT2D eigenvalue weighted by molar-refractivity contribution is 8.06. The molecule has 0 aromatic heterocycles. The zero-order valence-corrected chi connectivity index (χ0v) is 93.5. The van der Waals surface area contributed by atoms with E-state index in [-0.39, 0.29) is 27.1 Å². The van der Waals surface area contributed by atoms with Crippen LogP contribution in [-0.4, -0.2) is 113 Å². The van der Waals surface area contributed by atoms with E-state index in [4.69, 9.17) is 28.4 Å². The Balaban J connectivity index is 0.000000172. The van der Waals surface area contributed by atoms with Gasteiger partial charge in [-0.1, -0.05) is 402 Å². The van der Waals surface area contributed by atoms with Crippen molar-refractivity contribution in [3.8, 4) is 0 Å². The lowest BCUT2D eigenvalue weighted by Gasteiger charge is -2.22. The van der Waals surface area contributed by atoms with Crippen molar-refractivity contribution in [3.05, 3.63) is 354 Å². The molecule has 20 bridgehead atoms. The van der Waals surface area contributed by atoms with Gasteiger partial charge in [-0.3, -0.25) is 5.32 Å². The first-order valence-electron chi connectivity index (χ1n) is 53.8. The molecule has 0 amide bonds. The van der Waals surface area contributed by atoms with Crippen LogP contribution in [0.1, 0.15) is 399 Å². The highest BCUT2D eigenvalue weighted by Gasteiger charge is 2.43. The molecule has 19 heteroatoms. The SMILES string of the molecule is C.C.CC.CC.CC.CC.CC.CC.CC.CC.CC.CC.c1ccc2c(c1)C1CCCC2S1.c1ccc2c(c1)C1CNCC2N1.c1ccc2c(c1)C1CNCC2O1.c1ccc2c(c1)C1CNCC2S1.c1ccc2c(c1)C1COCC2N1.c1ccc2c(c1)C1COCC2O1.c1ccc2c(c1)C1COCC2S1.c1ccc2c(c1)C1CSCC2N1.c1ccc2c(c1)C1CSCC2O1.c1ccc2c(c1)C1CSCC2S1. The van der Waals surface area contributed by atoms with E-state index in [1.807, 2.05) is 150 Å². The third-order valence-electron chi connectivity index (χ3n) is 26.8. The number of morpholine rings is 2. The van der Waals surface area contributed by atoms with Gasteiger partial charge in [0.15, 0.2) is 0 Å². The number of nitrogens with one attached hydrogen (secondary N) is 6. The summed E-state index contributed by atoms with van der Waals surface area (Å²) in [5, 5.41) is 27.0. The molecule has 10 fully saturated rings. The lowest BCUT2D eigenvalue weighted by atomic mass is 10.0. The average Bonchev–Trinajstić information content (AvgIpc) is 1.72. The van der Waals surface area contributed by atoms with Crippen molar-refractivity contribution in [3.63, 3.8) is 0 Å². The lowest BCUT2D eigenvalue weighted by molar-refractivity contribution is -0.123. The van der Waals surface area contributed by atoms with Gasteiger partial charge in [0, 0.05) is 129 Å². The second-order valence-electron chi connectivity index (χ2n) is 34.0. The first-order chi connectivity index (χ1) is 69.5. The molecule has 20 unspecified atom stereocenters. The Labute approximate surface area is 890 Å². The minimum absolute atomic E-state index is 0. The fourth-order valence-electron chi connectivity index (χ4n) is 21.1. The number of benzene rings is 10. The minimum atomic E-state index is 0. The van der Waals surface area contributed by atoms with Crippen molar-refractivity contribution in [1.29, 1.82) is 0 Å². The zero-order valence-electron chi connectivity index (χ0n) is 87.8. The van der Waals surface area contributed by atoms with E-state index in [9.17, 15) is 0 Å². The van der Waals surface area contributed by atoms with Gasteiger partial charge >= 0.3 is 0 Å². The molecule has 12 nitrogen and oxygen atoms in total. The van der Waals surface area contributed by atoms with Crippen molar-refractivity contribution in [2.24, 2.45) is 0 Å². The van der Waals surface area contributed by atoms with Gasteiger partial charge in [-0.05, 0) is 124 Å². The summed E-state index contributed by atoms with van der Waals surface area (Å²) < 4.78 is 33.8. The normalized spacial score (nSPS) is 27.2. The Morgan fingerprint density at radius 3 is 0.796 bits per heavy atom. The average molecular weight is 2060 g/mol. The van der Waals surface area contributed by atoms with E-state index < -0.39 is 0 Å². The smallest absolute Gasteiger partial charge is 0.107 e. The van der Waals surface area contributed by atoms with Gasteiger partial charge in [0.25, 0.3) is 0 Å². The zero-order chi connectivity index (χ0) is 99.7. The van der Waals surface area contributed by atoms with Gasteiger partial charge in [0.1, 0.15) is 12.2 Å². The van der Waals surface area contributed by atoms with E-state index >= 15 is 0 Å². The fraction of sp³-hybridized carbons (Fsp3) is 0.512. The Morgan fingerprint density at radius 1 is 0.190 bits per heavy atom. The summed E-state index contributed by atoms with van der Waals surface area (Å²) in [4.78, 5) is 0. The van der Waals surface area contributed by atoms with Gasteiger partial charge in [0.2, 0.25) is 0 Å². The molecule has 0 aliphatic carbocycles. The summed E-state index contributed by atoms with van der Waals surface area (Å²) >= 11 is 14.7. The number of rotatable bonds is 0. The monoisotopic (exact) mass is 2060 g/mol. The largest absolute Gasteiger partial charge is 0.378 e. The highest BCUT2D eigenvalue weighted by Crippen LogP contribution is 2.60. The third-order valence-corrected chi connectivity index (χ3v) is 36.7. The number of fused-ring (bicyclic) bond motifs is 50. The van der Waals surface area contributed by atoms with E-state index in [2.05, 4.69) is 345 Å². The van der Waals surface area contributed by atoms with Crippen molar-refractivity contribution in [1.82, 2.24) is 31.9 Å². The highest BCUT2D eigenvalue weighted by atomic mass is 32.2. The van der Waals surface area contributed by atoms with E-state index in [1.54, 1.807) is 33.4 Å². The summed E-state index contributed by atoms with van der Waals surface area (Å²) in [6, 6.07) is 90.4. The minimum Gasteiger partial charge on any atom is -0.378 e. The van der Waals surface area contributed by atoms with E-state index in [0.717, 1.165) is 109 Å². The van der Waals surface area contributed by atoms with Crippen LogP contribution in [0.3, 0.4) is 0 Å². The molecule has 20 atom stereocenters. The lowest BCUT2D eigenvalue weighted by Crippen LogP contribution is -2.39. The van der Waals surface area contributed by atoms with Crippen LogP contribution in [0, 0.1) is 0 Å². The topological polar surface area (TPSA) is 128 Å². The Morgan fingerprint density at radius 2 is 0.415 bits per heavy atom. The van der Waals surface area contributed by atoms with Crippen LogP contribution in [0.25, 0.3) is 0 Å². The quantitative estimate of drug-likeness (QED) is 0.0861. The Hall–Kier alpha value is -5.83. The van der Waals surface area contributed by atoms with Gasteiger partial charge in [-0.15, -0.1) is 47.0 Å². The molecule has 10 aromatic rings. The summed E-state index contributed by atoms with van der Waals surface area (Å²) in [5.74, 6) is 7.39. The van der Waals surface area contributed by atoms with Gasteiger partial charge in [-0.25, -0.2) is 0 Å². The van der Waals surface area contributed by atoms with Gasteiger partial charge in [-0.2, -0.15) is 35.3 Å². The summed E-state index contributed by atoms with van der Waals surface area (Å²) in [7, 11) is 0. The maximum Gasteiger partial charge on any atom is 0.107 e. The molecule has 776 valence electrons. The molecule has 30 rings (SSSR count). The van der Waals surface area contributed by atoms with Crippen LogP contribution in [-0.2, 0) is 28.4 Å². The summed E-state index contributed by atoms with van der Waals surface area (Å²) in [5.41, 5.74) is 29.8. The molecule has 20 aliphatic heterocycles. The van der Waals surface area contributed by atoms with Crippen LogP contribution < -0.4 is 31.9 Å². The van der Waals surface area contributed by atoms with Crippen molar-refractivity contribution < 1.29 is 28.4 Å². The van der Waals surface area contributed by atoms with Crippen LogP contribution in [0.15, 0.2) is 243 Å². The number of hydrogen-bond acceptors (Lipinski definition) is 19. The predicted molar refractivity (Wildman–Crippen MR) is 626 cm³/mol. The number of thioether (sulfide) groups is 7. The maximum absolute atomic E-state index is 5.85. The van der Waals surface area contributed by atoms with Crippen LogP contribution in [0.5, 0.6) is 0 Å². The second-order valence-corrected chi connectivity index (χ2v) is 42.9. The molecule has 20 aliphatic rings. The summed E-state index contributed by atoms with van der Waals surface area (Å²) in [6.45, 7) is 51.3. The van der Waals surface area contributed by atoms with E-state index in [0.29, 0.717) is 84.4 Å². The molecule has 142 heavy (non-hydrogen) atoms. The van der Waals surface area contributed by atoms with Crippen LogP contribution in [0.4, 0.5) is 0 Å². The Bertz CT molecular complexity index is 3880. The molecule has 0 radical (unpaired) electrons. The van der Waals surface area contributed by atoms with Gasteiger partial charge < -0.3 is 55.0 Å². The molecular formula is C123H176N6O6S7. The molecular weight excluding hydrogens is 1880 g/mol. The Kier molecular flexibility index (Phi) is 54.4. The van der Waals surface area contributed by atoms with E-state index in [1.165, 1.54) is 120 Å². The molecule has 6 N–H and O–H groups in total. The van der Waals surface area contributed by atoms with Crippen molar-refractivity contribution in [2.75, 3.05) is 113 Å². The molecule has 10 aromatic carbocycles. The van der Waals surface area contributed by atoms with Gasteiger partial charge in [0.05, 0.1) is 86.6 Å². The number of ether oxygens (including phenoxy) is 6. The van der Waals surface area contributed by atoms with Crippen molar-refractivity contribution in [2.45, 2.75) is 287 Å². The molecule has 0 spiro atoms. The van der Waals surface area contributed by atoms with Crippen molar-refractivity contribution >= 4 is 82.3 Å². The molecule has 10 saturated heterocycles. The first-order valence-corrected chi connectivity index (χ1v) is 61.1. The van der Waals surface area contributed by atoms with Crippen LogP contribution in [0.2, 0.25) is 0 Å². The fourth-order valence-corrected chi connectivity index (χ4v) is 31.3. The second kappa shape index (κ2) is 64.5. The first kappa shape index (κ1) is 120. The molecule has 20 heterocycles.